The summed E-state index contributed by atoms with van der Waals surface area (Å²) in [6, 6.07) is 7.55. The van der Waals surface area contributed by atoms with Crippen LogP contribution in [-0.2, 0) is 14.3 Å². The third kappa shape index (κ3) is 7.50. The third-order valence-corrected chi connectivity index (χ3v) is 2.56. The third-order valence-electron chi connectivity index (χ3n) is 2.56. The Labute approximate surface area is 131 Å². The van der Waals surface area contributed by atoms with Gasteiger partial charge in [-0.3, -0.25) is 0 Å². The van der Waals surface area contributed by atoms with Gasteiger partial charge in [-0.2, -0.15) is 0 Å². The van der Waals surface area contributed by atoms with Gasteiger partial charge in [0.15, 0.2) is 6.29 Å². The summed E-state index contributed by atoms with van der Waals surface area (Å²) in [5, 5.41) is 0. The number of hydrogen-bond donors (Lipinski definition) is 1. The molecule has 5 heteroatoms. The van der Waals surface area contributed by atoms with Gasteiger partial charge < -0.3 is 19.9 Å². The molecule has 0 saturated heterocycles. The molecule has 120 valence electrons. The van der Waals surface area contributed by atoms with Crippen LogP contribution in [-0.4, -0.2) is 25.5 Å². The van der Waals surface area contributed by atoms with Crippen molar-refractivity contribution in [3.63, 3.8) is 0 Å². The van der Waals surface area contributed by atoms with Crippen LogP contribution in [0.5, 0.6) is 5.75 Å². The number of ether oxygens (including phenoxy) is 3. The van der Waals surface area contributed by atoms with Gasteiger partial charge >= 0.3 is 5.97 Å². The minimum atomic E-state index is -0.446. The molecule has 0 bridgehead atoms. The zero-order valence-corrected chi connectivity index (χ0v) is 13.2. The summed E-state index contributed by atoms with van der Waals surface area (Å²) in [4.78, 5) is 11.2. The number of carbonyl (C=O) groups excluding carboxylic acids is 1. The number of hydrogen-bond acceptors (Lipinski definition) is 5. The summed E-state index contributed by atoms with van der Waals surface area (Å²) in [6.07, 6.45) is 4.60. The maximum absolute atomic E-state index is 11.2. The van der Waals surface area contributed by atoms with Crippen molar-refractivity contribution >= 4 is 12.0 Å². The summed E-state index contributed by atoms with van der Waals surface area (Å²) in [5.74, 6) is 0.298. The van der Waals surface area contributed by atoms with Crippen molar-refractivity contribution in [2.24, 2.45) is 5.73 Å². The summed E-state index contributed by atoms with van der Waals surface area (Å²) in [7, 11) is 0. The minimum Gasteiger partial charge on any atom is -0.465 e. The lowest BCUT2D eigenvalue weighted by atomic mass is 10.2. The molecular formula is C17H23NO4. The Hall–Kier alpha value is -2.27. The molecule has 0 saturated carbocycles. The zero-order valence-electron chi connectivity index (χ0n) is 13.2. The average Bonchev–Trinajstić information content (AvgIpc) is 2.45. The Balaban J connectivity index is 2.42. The highest BCUT2D eigenvalue weighted by molar-refractivity contribution is 5.82. The van der Waals surface area contributed by atoms with Crippen molar-refractivity contribution < 1.29 is 19.0 Å². The maximum Gasteiger partial charge on any atom is 0.332 e. The first-order valence-corrected chi connectivity index (χ1v) is 7.16. The van der Waals surface area contributed by atoms with E-state index in [2.05, 4.69) is 0 Å². The van der Waals surface area contributed by atoms with E-state index >= 15 is 0 Å². The molecule has 0 radical (unpaired) electrons. The molecule has 0 aliphatic heterocycles. The number of nitrogens with two attached hydrogens (primary N) is 1. The normalized spacial score (nSPS) is 13.1. The van der Waals surface area contributed by atoms with Crippen molar-refractivity contribution in [2.75, 3.05) is 13.2 Å². The number of allylic oxidation sites excluding steroid dienone is 1. The van der Waals surface area contributed by atoms with Gasteiger partial charge in [-0.1, -0.05) is 18.2 Å². The molecule has 1 unspecified atom stereocenters. The van der Waals surface area contributed by atoms with E-state index in [-0.39, 0.29) is 12.9 Å². The van der Waals surface area contributed by atoms with Crippen LogP contribution in [0.25, 0.3) is 6.08 Å². The highest BCUT2D eigenvalue weighted by Crippen LogP contribution is 2.15. The fourth-order valence-electron chi connectivity index (χ4n) is 1.66. The van der Waals surface area contributed by atoms with E-state index in [0.29, 0.717) is 12.3 Å². The zero-order chi connectivity index (χ0) is 16.4. The van der Waals surface area contributed by atoms with Crippen LogP contribution in [0, 0.1) is 0 Å². The summed E-state index contributed by atoms with van der Waals surface area (Å²) in [6.45, 7) is 6.21. The molecule has 0 fully saturated rings. The monoisotopic (exact) mass is 305 g/mol. The Morgan fingerprint density at radius 3 is 2.59 bits per heavy atom. The molecule has 0 aliphatic carbocycles. The van der Waals surface area contributed by atoms with Crippen molar-refractivity contribution in [2.45, 2.75) is 27.1 Å². The second-order valence-corrected chi connectivity index (χ2v) is 4.63. The first-order valence-electron chi connectivity index (χ1n) is 7.16. The summed E-state index contributed by atoms with van der Waals surface area (Å²) >= 11 is 0. The predicted molar refractivity (Wildman–Crippen MR) is 86.1 cm³/mol. The molecule has 1 aromatic carbocycles. The number of carbonyl (C=O) groups is 1. The average molecular weight is 305 g/mol. The van der Waals surface area contributed by atoms with Gasteiger partial charge in [-0.05, 0) is 44.5 Å². The van der Waals surface area contributed by atoms with E-state index in [0.717, 1.165) is 11.3 Å². The van der Waals surface area contributed by atoms with Crippen LogP contribution in [0.1, 0.15) is 26.3 Å². The lowest BCUT2D eigenvalue weighted by Gasteiger charge is -2.14. The largest absolute Gasteiger partial charge is 0.465 e. The highest BCUT2D eigenvalue weighted by atomic mass is 16.7. The van der Waals surface area contributed by atoms with Crippen LogP contribution in [0.2, 0.25) is 0 Å². The van der Waals surface area contributed by atoms with Gasteiger partial charge in [0, 0.05) is 18.4 Å². The van der Waals surface area contributed by atoms with Gasteiger partial charge in [0.2, 0.25) is 0 Å². The molecular weight excluding hydrogens is 282 g/mol. The molecule has 0 spiro atoms. The lowest BCUT2D eigenvalue weighted by Crippen LogP contribution is -2.15. The van der Waals surface area contributed by atoms with Crippen molar-refractivity contribution in [1.82, 2.24) is 0 Å². The van der Waals surface area contributed by atoms with Gasteiger partial charge in [0.25, 0.3) is 0 Å². The number of rotatable bonds is 8. The Morgan fingerprint density at radius 2 is 2.00 bits per heavy atom. The molecule has 1 rings (SSSR count). The van der Waals surface area contributed by atoms with Crippen LogP contribution in [0.3, 0.4) is 0 Å². The van der Waals surface area contributed by atoms with Gasteiger partial charge in [0.1, 0.15) is 12.4 Å². The van der Waals surface area contributed by atoms with Crippen molar-refractivity contribution in [1.29, 1.82) is 0 Å². The molecule has 22 heavy (non-hydrogen) atoms. The van der Waals surface area contributed by atoms with E-state index in [9.17, 15) is 4.79 Å². The Kier molecular flexibility index (Phi) is 7.78. The first-order chi connectivity index (χ1) is 10.5. The van der Waals surface area contributed by atoms with Crippen LogP contribution in [0.4, 0.5) is 0 Å². The maximum atomic E-state index is 11.2. The first kappa shape index (κ1) is 17.8. The summed E-state index contributed by atoms with van der Waals surface area (Å²) < 4.78 is 15.8. The number of esters is 1. The van der Waals surface area contributed by atoms with Crippen LogP contribution < -0.4 is 10.5 Å². The Bertz CT molecular complexity index is 516. The van der Waals surface area contributed by atoms with Crippen molar-refractivity contribution in [3.8, 4) is 5.75 Å². The van der Waals surface area contributed by atoms with Gasteiger partial charge in [0.05, 0.1) is 0 Å². The van der Waals surface area contributed by atoms with E-state index in [1.807, 2.05) is 44.2 Å². The van der Waals surface area contributed by atoms with Crippen molar-refractivity contribution in [3.05, 3.63) is 47.7 Å². The molecule has 0 heterocycles. The van der Waals surface area contributed by atoms with E-state index in [1.54, 1.807) is 13.0 Å². The second kappa shape index (κ2) is 9.63. The molecule has 1 aromatic rings. The Morgan fingerprint density at radius 1 is 1.32 bits per heavy atom. The fourth-order valence-corrected chi connectivity index (χ4v) is 1.66. The standard InChI is InChI=1S/C17H23NO4/c1-4-20-14(3)22-16-9-7-15(8-10-16)6-5-11-21-17(19)12-13(2)18/h5-10,12,14H,4,11,18H2,1-3H3. The molecule has 2 N–H and O–H groups in total. The van der Waals surface area contributed by atoms with Gasteiger partial charge in [-0.15, -0.1) is 0 Å². The predicted octanol–water partition coefficient (Wildman–Crippen LogP) is 2.87. The minimum absolute atomic E-state index is 0.197. The van der Waals surface area contributed by atoms with Crippen LogP contribution >= 0.6 is 0 Å². The second-order valence-electron chi connectivity index (χ2n) is 4.63. The summed E-state index contributed by atoms with van der Waals surface area (Å²) in [5.41, 5.74) is 6.78. The fraction of sp³-hybridized carbons (Fsp3) is 0.353. The molecule has 0 aliphatic rings. The molecule has 0 aromatic heterocycles. The molecule has 0 amide bonds. The van der Waals surface area contributed by atoms with Gasteiger partial charge in [-0.25, -0.2) is 4.79 Å². The SMILES string of the molecule is CCOC(C)Oc1ccc(C=CCOC(=O)C=C(C)N)cc1. The number of benzene rings is 1. The smallest absolute Gasteiger partial charge is 0.332 e. The topological polar surface area (TPSA) is 70.8 Å². The molecule has 1 atom stereocenters. The van der Waals surface area contributed by atoms with E-state index in [4.69, 9.17) is 19.9 Å². The lowest BCUT2D eigenvalue weighted by molar-refractivity contribution is -0.136. The van der Waals surface area contributed by atoms with E-state index in [1.165, 1.54) is 6.08 Å². The van der Waals surface area contributed by atoms with Crippen LogP contribution in [0.15, 0.2) is 42.1 Å². The highest BCUT2D eigenvalue weighted by Gasteiger charge is 2.02. The van der Waals surface area contributed by atoms with E-state index < -0.39 is 5.97 Å². The quantitative estimate of drug-likeness (QED) is 0.454. The molecule has 5 nitrogen and oxygen atoms in total.